The fourth-order valence-corrected chi connectivity index (χ4v) is 1.29. The molecule has 0 spiro atoms. The van der Waals surface area contributed by atoms with E-state index in [1.807, 2.05) is 6.07 Å². The Labute approximate surface area is 90.8 Å². The van der Waals surface area contributed by atoms with Crippen molar-refractivity contribution < 1.29 is 4.74 Å². The van der Waals surface area contributed by atoms with Gasteiger partial charge in [0.05, 0.1) is 11.9 Å². The van der Waals surface area contributed by atoms with Gasteiger partial charge in [-0.1, -0.05) is 0 Å². The van der Waals surface area contributed by atoms with Crippen LogP contribution in [0.4, 0.5) is 11.5 Å². The summed E-state index contributed by atoms with van der Waals surface area (Å²) in [6.45, 7) is 1.82. The lowest BCUT2D eigenvalue weighted by Gasteiger charge is -2.05. The van der Waals surface area contributed by atoms with Gasteiger partial charge in [0.1, 0.15) is 5.82 Å². The summed E-state index contributed by atoms with van der Waals surface area (Å²) in [5, 5.41) is 3.29. The highest BCUT2D eigenvalue weighted by Crippen LogP contribution is 2.07. The largest absolute Gasteiger partial charge is 0.385 e. The predicted molar refractivity (Wildman–Crippen MR) is 62.9 cm³/mol. The summed E-state index contributed by atoms with van der Waals surface area (Å²) in [7, 11) is 1.73. The molecule has 0 radical (unpaired) electrons. The maximum absolute atomic E-state index is 5.48. The minimum absolute atomic E-state index is 0.556. The average Bonchev–Trinajstić information content (AvgIpc) is 2.26. The van der Waals surface area contributed by atoms with Gasteiger partial charge >= 0.3 is 0 Å². The highest BCUT2D eigenvalue weighted by Gasteiger charge is 1.92. The van der Waals surface area contributed by atoms with Crippen molar-refractivity contribution in [1.82, 2.24) is 4.98 Å². The molecule has 0 aliphatic heterocycles. The molecule has 0 amide bonds. The van der Waals surface area contributed by atoms with Gasteiger partial charge in [-0.2, -0.15) is 0 Å². The van der Waals surface area contributed by atoms with Gasteiger partial charge in [-0.25, -0.2) is 4.98 Å². The molecule has 0 saturated carbocycles. The molecule has 0 aliphatic carbocycles. The predicted octanol–water partition coefficient (Wildman–Crippen LogP) is 1.89. The number of nitrogens with zero attached hydrogens (tertiary/aromatic N) is 1. The van der Waals surface area contributed by atoms with Gasteiger partial charge in [0.25, 0.3) is 0 Å². The Morgan fingerprint density at radius 3 is 2.87 bits per heavy atom. The molecule has 0 bridgehead atoms. The van der Waals surface area contributed by atoms with Crippen LogP contribution in [0.5, 0.6) is 0 Å². The standard InChI is InChI=1S/C11H19N3O/c1-15-8-4-2-3-7-13-10-5-6-11(12)14-9-10/h5-6,9,13H,2-4,7-8H2,1H3,(H2,12,14). The Hall–Kier alpha value is -1.29. The van der Waals surface area contributed by atoms with E-state index < -0.39 is 0 Å². The zero-order valence-corrected chi connectivity index (χ0v) is 9.20. The molecule has 0 aliphatic rings. The van der Waals surface area contributed by atoms with E-state index in [4.69, 9.17) is 10.5 Å². The summed E-state index contributed by atoms with van der Waals surface area (Å²) in [5.74, 6) is 0.556. The third-order valence-corrected chi connectivity index (χ3v) is 2.14. The number of hydrogen-bond acceptors (Lipinski definition) is 4. The van der Waals surface area contributed by atoms with Crippen LogP contribution in [0.2, 0.25) is 0 Å². The van der Waals surface area contributed by atoms with Crippen LogP contribution in [-0.4, -0.2) is 25.2 Å². The van der Waals surface area contributed by atoms with E-state index in [-0.39, 0.29) is 0 Å². The zero-order chi connectivity index (χ0) is 10.9. The van der Waals surface area contributed by atoms with Crippen LogP contribution in [0, 0.1) is 0 Å². The summed E-state index contributed by atoms with van der Waals surface area (Å²) in [4.78, 5) is 4.00. The van der Waals surface area contributed by atoms with Gasteiger partial charge in [-0.3, -0.25) is 0 Å². The first-order chi connectivity index (χ1) is 7.33. The smallest absolute Gasteiger partial charge is 0.123 e. The number of rotatable bonds is 7. The Balaban J connectivity index is 2.07. The molecule has 4 nitrogen and oxygen atoms in total. The van der Waals surface area contributed by atoms with Crippen molar-refractivity contribution in [2.24, 2.45) is 0 Å². The van der Waals surface area contributed by atoms with Crippen LogP contribution in [0.1, 0.15) is 19.3 Å². The Bertz CT molecular complexity index is 261. The molecule has 0 saturated heterocycles. The molecule has 0 unspecified atom stereocenters. The van der Waals surface area contributed by atoms with E-state index in [1.165, 1.54) is 6.42 Å². The fourth-order valence-electron chi connectivity index (χ4n) is 1.29. The lowest BCUT2D eigenvalue weighted by atomic mass is 10.2. The van der Waals surface area contributed by atoms with E-state index in [2.05, 4.69) is 10.3 Å². The maximum Gasteiger partial charge on any atom is 0.123 e. The van der Waals surface area contributed by atoms with Crippen molar-refractivity contribution in [1.29, 1.82) is 0 Å². The van der Waals surface area contributed by atoms with Crippen molar-refractivity contribution in [3.8, 4) is 0 Å². The monoisotopic (exact) mass is 209 g/mol. The van der Waals surface area contributed by atoms with Crippen molar-refractivity contribution in [2.75, 3.05) is 31.3 Å². The van der Waals surface area contributed by atoms with E-state index in [9.17, 15) is 0 Å². The number of ether oxygens (including phenoxy) is 1. The highest BCUT2D eigenvalue weighted by atomic mass is 16.5. The molecule has 0 fully saturated rings. The van der Waals surface area contributed by atoms with Crippen LogP contribution in [0.25, 0.3) is 0 Å². The Kier molecular flexibility index (Phi) is 5.55. The number of pyridine rings is 1. The van der Waals surface area contributed by atoms with Crippen molar-refractivity contribution >= 4 is 11.5 Å². The second-order valence-corrected chi connectivity index (χ2v) is 3.45. The third kappa shape index (κ3) is 5.22. The van der Waals surface area contributed by atoms with E-state index >= 15 is 0 Å². The van der Waals surface area contributed by atoms with Crippen molar-refractivity contribution in [3.05, 3.63) is 18.3 Å². The summed E-state index contributed by atoms with van der Waals surface area (Å²) < 4.78 is 4.98. The number of unbranched alkanes of at least 4 members (excludes halogenated alkanes) is 2. The molecule has 0 atom stereocenters. The average molecular weight is 209 g/mol. The number of methoxy groups -OCH3 is 1. The first-order valence-corrected chi connectivity index (χ1v) is 5.27. The second-order valence-electron chi connectivity index (χ2n) is 3.45. The molecular weight excluding hydrogens is 190 g/mol. The summed E-state index contributed by atoms with van der Waals surface area (Å²) in [6.07, 6.45) is 5.21. The molecule has 84 valence electrons. The van der Waals surface area contributed by atoms with Crippen molar-refractivity contribution in [3.63, 3.8) is 0 Å². The van der Waals surface area contributed by atoms with Gasteiger partial charge in [-0.15, -0.1) is 0 Å². The molecule has 1 aromatic heterocycles. The first kappa shape index (κ1) is 11.8. The Morgan fingerprint density at radius 1 is 1.33 bits per heavy atom. The number of aromatic nitrogens is 1. The van der Waals surface area contributed by atoms with E-state index in [0.717, 1.165) is 31.7 Å². The topological polar surface area (TPSA) is 60.2 Å². The molecule has 1 aromatic rings. The van der Waals surface area contributed by atoms with Crippen LogP contribution >= 0.6 is 0 Å². The van der Waals surface area contributed by atoms with Crippen LogP contribution < -0.4 is 11.1 Å². The molecule has 0 aromatic carbocycles. The first-order valence-electron chi connectivity index (χ1n) is 5.27. The lowest BCUT2D eigenvalue weighted by Crippen LogP contribution is -2.02. The molecule has 1 heterocycles. The molecule has 4 heteroatoms. The minimum atomic E-state index is 0.556. The molecule has 1 rings (SSSR count). The van der Waals surface area contributed by atoms with E-state index in [1.54, 1.807) is 19.4 Å². The second kappa shape index (κ2) is 7.06. The lowest BCUT2D eigenvalue weighted by molar-refractivity contribution is 0.192. The van der Waals surface area contributed by atoms with Gasteiger partial charge < -0.3 is 15.8 Å². The fraction of sp³-hybridized carbons (Fsp3) is 0.545. The summed E-state index contributed by atoms with van der Waals surface area (Å²) in [6, 6.07) is 3.74. The van der Waals surface area contributed by atoms with Crippen LogP contribution in [0.15, 0.2) is 18.3 Å². The zero-order valence-electron chi connectivity index (χ0n) is 9.20. The number of nitrogens with two attached hydrogens (primary N) is 1. The minimum Gasteiger partial charge on any atom is -0.385 e. The van der Waals surface area contributed by atoms with Crippen LogP contribution in [-0.2, 0) is 4.74 Å². The maximum atomic E-state index is 5.48. The summed E-state index contributed by atoms with van der Waals surface area (Å²) in [5.41, 5.74) is 6.51. The summed E-state index contributed by atoms with van der Waals surface area (Å²) >= 11 is 0. The van der Waals surface area contributed by atoms with Gasteiger partial charge in [0.15, 0.2) is 0 Å². The molecule has 15 heavy (non-hydrogen) atoms. The van der Waals surface area contributed by atoms with Gasteiger partial charge in [-0.05, 0) is 31.4 Å². The van der Waals surface area contributed by atoms with Crippen LogP contribution in [0.3, 0.4) is 0 Å². The number of nitrogen functional groups attached to an aromatic ring is 1. The highest BCUT2D eigenvalue weighted by molar-refractivity contribution is 5.45. The van der Waals surface area contributed by atoms with Crippen molar-refractivity contribution in [2.45, 2.75) is 19.3 Å². The molecule has 3 N–H and O–H groups in total. The van der Waals surface area contributed by atoms with E-state index in [0.29, 0.717) is 5.82 Å². The molecular formula is C11H19N3O. The SMILES string of the molecule is COCCCCCNc1ccc(N)nc1. The van der Waals surface area contributed by atoms with Gasteiger partial charge in [0, 0.05) is 20.3 Å². The third-order valence-electron chi connectivity index (χ3n) is 2.14. The number of anilines is 2. The normalized spacial score (nSPS) is 10.2. The number of nitrogens with one attached hydrogen (secondary N) is 1. The van der Waals surface area contributed by atoms with Gasteiger partial charge in [0.2, 0.25) is 0 Å². The Morgan fingerprint density at radius 2 is 2.20 bits per heavy atom. The quantitative estimate of drug-likeness (QED) is 0.673. The number of hydrogen-bond donors (Lipinski definition) is 2.